The van der Waals surface area contributed by atoms with Gasteiger partial charge in [-0.25, -0.2) is 14.6 Å². The van der Waals surface area contributed by atoms with E-state index in [1.165, 1.54) is 18.9 Å². The van der Waals surface area contributed by atoms with Crippen molar-refractivity contribution in [2.24, 2.45) is 4.99 Å². The molecule has 2 aromatic rings. The first-order valence-electron chi connectivity index (χ1n) is 10.6. The van der Waals surface area contributed by atoms with Crippen molar-refractivity contribution in [3.05, 3.63) is 56.0 Å². The summed E-state index contributed by atoms with van der Waals surface area (Å²) in [5, 5.41) is 9.38. The minimum absolute atomic E-state index is 0.196. The van der Waals surface area contributed by atoms with E-state index in [1.807, 2.05) is 29.5 Å². The molecule has 1 aliphatic heterocycles. The van der Waals surface area contributed by atoms with Gasteiger partial charge in [0.05, 0.1) is 33.4 Å². The highest BCUT2D eigenvalue weighted by atomic mass is 127. The first-order chi connectivity index (χ1) is 16.8. The molecule has 0 saturated carbocycles. The highest BCUT2D eigenvalue weighted by molar-refractivity contribution is 14.1. The van der Waals surface area contributed by atoms with Crippen LogP contribution in [0.25, 0.3) is 6.08 Å². The molecule has 1 amide bonds. The van der Waals surface area contributed by atoms with E-state index in [0.29, 0.717) is 48.5 Å². The Bertz CT molecular complexity index is 1210. The zero-order valence-corrected chi connectivity index (χ0v) is 22.2. The predicted octanol–water partition coefficient (Wildman–Crippen LogP) is 4.56. The van der Waals surface area contributed by atoms with E-state index < -0.39 is 18.5 Å². The lowest BCUT2D eigenvalue weighted by atomic mass is 10.2. The average Bonchev–Trinajstić information content (AvgIpc) is 3.11. The van der Waals surface area contributed by atoms with Crippen LogP contribution in [0, 0.1) is 3.57 Å². The van der Waals surface area contributed by atoms with Crippen molar-refractivity contribution in [1.82, 2.24) is 4.90 Å². The van der Waals surface area contributed by atoms with Crippen LogP contribution < -0.4 is 9.47 Å². The van der Waals surface area contributed by atoms with Crippen LogP contribution in [0.5, 0.6) is 11.5 Å². The van der Waals surface area contributed by atoms with Crippen molar-refractivity contribution >= 4 is 69.1 Å². The number of amides is 1. The maximum Gasteiger partial charge on any atom is 0.341 e. The van der Waals surface area contributed by atoms with Crippen LogP contribution in [0.2, 0.25) is 0 Å². The van der Waals surface area contributed by atoms with Crippen LogP contribution in [0.15, 0.2) is 46.3 Å². The number of aliphatic imine (C=N–C) groups is 1. The van der Waals surface area contributed by atoms with Crippen LogP contribution in [0.1, 0.15) is 29.8 Å². The third-order valence-electron chi connectivity index (χ3n) is 4.68. The van der Waals surface area contributed by atoms with Gasteiger partial charge in [-0.1, -0.05) is 6.07 Å². The van der Waals surface area contributed by atoms with E-state index in [4.69, 9.17) is 19.3 Å². The number of rotatable bonds is 9. The van der Waals surface area contributed by atoms with Crippen LogP contribution in [0.4, 0.5) is 5.69 Å². The fourth-order valence-electron chi connectivity index (χ4n) is 3.15. The van der Waals surface area contributed by atoms with Crippen molar-refractivity contribution in [1.29, 1.82) is 0 Å². The van der Waals surface area contributed by atoms with Gasteiger partial charge in [-0.2, -0.15) is 0 Å². The Morgan fingerprint density at radius 3 is 2.66 bits per heavy atom. The Kier molecular flexibility index (Phi) is 9.15. The first kappa shape index (κ1) is 26.5. The van der Waals surface area contributed by atoms with Gasteiger partial charge in [0.2, 0.25) is 0 Å². The highest BCUT2D eigenvalue weighted by Gasteiger charge is 2.32. The molecule has 0 spiro atoms. The highest BCUT2D eigenvalue weighted by Crippen LogP contribution is 2.38. The van der Waals surface area contributed by atoms with E-state index >= 15 is 0 Å². The van der Waals surface area contributed by atoms with Crippen molar-refractivity contribution < 1.29 is 33.7 Å². The molecule has 1 saturated heterocycles. The maximum atomic E-state index is 13.0. The molecule has 1 aliphatic rings. The van der Waals surface area contributed by atoms with E-state index in [9.17, 15) is 14.4 Å². The number of hydrogen-bond donors (Lipinski definition) is 1. The Balaban J connectivity index is 1.91. The van der Waals surface area contributed by atoms with Gasteiger partial charge in [-0.15, -0.1) is 0 Å². The molecule has 1 N–H and O–H groups in total. The van der Waals surface area contributed by atoms with Gasteiger partial charge in [-0.05, 0) is 90.2 Å². The summed E-state index contributed by atoms with van der Waals surface area (Å²) in [4.78, 5) is 42.6. The number of esters is 1. The summed E-state index contributed by atoms with van der Waals surface area (Å²) >= 11 is 3.25. The lowest BCUT2D eigenvalue weighted by Crippen LogP contribution is -2.28. The van der Waals surface area contributed by atoms with Crippen LogP contribution in [-0.4, -0.2) is 59.9 Å². The Labute approximate surface area is 220 Å². The number of hydrogen-bond acceptors (Lipinski definition) is 8. The molecule has 0 aliphatic carbocycles. The van der Waals surface area contributed by atoms with Gasteiger partial charge in [0, 0.05) is 6.54 Å². The first-order valence-corrected chi connectivity index (χ1v) is 12.5. The van der Waals surface area contributed by atoms with Crippen LogP contribution in [-0.2, 0) is 14.3 Å². The lowest BCUT2D eigenvalue weighted by Gasteiger charge is -2.13. The van der Waals surface area contributed by atoms with Crippen molar-refractivity contribution in [2.45, 2.75) is 13.8 Å². The number of amidine groups is 1. The third kappa shape index (κ3) is 6.54. The summed E-state index contributed by atoms with van der Waals surface area (Å²) in [6.45, 7) is 3.79. The number of likely N-dealkylation sites (N-methyl/N-ethyl adjacent to an activating group) is 1. The molecule has 11 heteroatoms. The molecular formula is C24H23IN2O7S. The number of carbonyl (C=O) groups is 3. The van der Waals surface area contributed by atoms with Crippen LogP contribution in [0.3, 0.4) is 0 Å². The summed E-state index contributed by atoms with van der Waals surface area (Å²) in [5.41, 5.74) is 1.60. The molecule has 184 valence electrons. The van der Waals surface area contributed by atoms with Crippen molar-refractivity contribution in [3.8, 4) is 11.5 Å². The normalized spacial score (nSPS) is 15.5. The lowest BCUT2D eigenvalue weighted by molar-refractivity contribution is -0.139. The second-order valence-corrected chi connectivity index (χ2v) is 9.21. The topological polar surface area (TPSA) is 115 Å². The van der Waals surface area contributed by atoms with Gasteiger partial charge in [0.25, 0.3) is 5.91 Å². The molecule has 1 heterocycles. The van der Waals surface area contributed by atoms with E-state index in [1.54, 1.807) is 54.3 Å². The number of carboxylic acid groups (broad SMARTS) is 1. The SMILES string of the molecule is CCOC(=O)c1cccc(N=C2SC(=Cc3cc(I)c(OCC(=O)O)c(OC)c3)C(=O)N2CC)c1. The predicted molar refractivity (Wildman–Crippen MR) is 141 cm³/mol. The minimum atomic E-state index is -1.10. The summed E-state index contributed by atoms with van der Waals surface area (Å²) in [5.74, 6) is -1.05. The Morgan fingerprint density at radius 1 is 1.23 bits per heavy atom. The van der Waals surface area contributed by atoms with Gasteiger partial charge in [0.1, 0.15) is 0 Å². The molecule has 0 unspecified atom stereocenters. The van der Waals surface area contributed by atoms with Gasteiger partial charge < -0.3 is 19.3 Å². The zero-order chi connectivity index (χ0) is 25.5. The summed E-state index contributed by atoms with van der Waals surface area (Å²) < 4.78 is 16.4. The molecule has 0 bridgehead atoms. The largest absolute Gasteiger partial charge is 0.493 e. The fourth-order valence-corrected chi connectivity index (χ4v) is 4.99. The number of carboxylic acids is 1. The Hall–Kier alpha value is -3.06. The molecule has 1 fully saturated rings. The molecule has 0 atom stereocenters. The standard InChI is InChI=1S/C24H23IN2O7S/c1-4-27-22(30)19(11-14-9-17(25)21(18(10-14)32-3)34-13-20(28)29)35-24(27)26-16-8-6-7-15(12-16)23(31)33-5-2/h6-12H,4-5,13H2,1-3H3,(H,28,29). The quantitative estimate of drug-likeness (QED) is 0.250. The van der Waals surface area contributed by atoms with E-state index in [0.717, 1.165) is 0 Å². The molecule has 0 aromatic heterocycles. The van der Waals surface area contributed by atoms with Crippen molar-refractivity contribution in [2.75, 3.05) is 26.9 Å². The number of benzene rings is 2. The number of methoxy groups -OCH3 is 1. The summed E-state index contributed by atoms with van der Waals surface area (Å²) in [6.07, 6.45) is 1.72. The molecule has 3 rings (SSSR count). The number of halogens is 1. The van der Waals surface area contributed by atoms with E-state index in [2.05, 4.69) is 4.99 Å². The Morgan fingerprint density at radius 2 is 2.00 bits per heavy atom. The fraction of sp³-hybridized carbons (Fsp3) is 0.250. The number of thioether (sulfide) groups is 1. The van der Waals surface area contributed by atoms with Gasteiger partial charge in [0.15, 0.2) is 23.3 Å². The molecule has 35 heavy (non-hydrogen) atoms. The molecule has 9 nitrogen and oxygen atoms in total. The molecule has 0 radical (unpaired) electrons. The zero-order valence-electron chi connectivity index (χ0n) is 19.2. The average molecular weight is 610 g/mol. The molecule has 2 aromatic carbocycles. The number of carbonyl (C=O) groups excluding carboxylic acids is 2. The number of nitrogens with zero attached hydrogens (tertiary/aromatic N) is 2. The number of aliphatic carboxylic acids is 1. The van der Waals surface area contributed by atoms with Crippen LogP contribution >= 0.6 is 34.4 Å². The number of ether oxygens (including phenoxy) is 3. The smallest absolute Gasteiger partial charge is 0.341 e. The second-order valence-electron chi connectivity index (χ2n) is 7.04. The van der Waals surface area contributed by atoms with Crippen molar-refractivity contribution in [3.63, 3.8) is 0 Å². The summed E-state index contributed by atoms with van der Waals surface area (Å²) in [6, 6.07) is 10.2. The third-order valence-corrected chi connectivity index (χ3v) is 6.48. The van der Waals surface area contributed by atoms with E-state index in [-0.39, 0.29) is 12.5 Å². The molecular weight excluding hydrogens is 587 g/mol. The van der Waals surface area contributed by atoms with Gasteiger partial charge in [-0.3, -0.25) is 9.69 Å². The second kappa shape index (κ2) is 12.1. The van der Waals surface area contributed by atoms with Gasteiger partial charge >= 0.3 is 11.9 Å². The maximum absolute atomic E-state index is 13.0. The summed E-state index contributed by atoms with van der Waals surface area (Å²) in [7, 11) is 1.46. The monoisotopic (exact) mass is 610 g/mol. The minimum Gasteiger partial charge on any atom is -0.493 e.